The third-order valence-electron chi connectivity index (χ3n) is 3.35. The zero-order valence-corrected chi connectivity index (χ0v) is 11.3. The standard InChI is InChI=1S/C13H26N2O2/c1-4-5-6-7-15(10(2)3)13(16)11-8-17-9-12(11)14/h10-12H,4-9,14H2,1-3H3. The Morgan fingerprint density at radius 3 is 2.59 bits per heavy atom. The van der Waals surface area contributed by atoms with Crippen molar-refractivity contribution in [3.05, 3.63) is 0 Å². The van der Waals surface area contributed by atoms with Crippen LogP contribution >= 0.6 is 0 Å². The first-order chi connectivity index (χ1) is 8.07. The summed E-state index contributed by atoms with van der Waals surface area (Å²) in [5, 5.41) is 0. The topological polar surface area (TPSA) is 55.6 Å². The fourth-order valence-electron chi connectivity index (χ4n) is 2.19. The molecule has 0 aromatic heterocycles. The molecule has 100 valence electrons. The van der Waals surface area contributed by atoms with Crippen LogP contribution in [0.25, 0.3) is 0 Å². The largest absolute Gasteiger partial charge is 0.379 e. The van der Waals surface area contributed by atoms with Crippen molar-refractivity contribution in [1.29, 1.82) is 0 Å². The number of unbranched alkanes of at least 4 members (excludes halogenated alkanes) is 2. The summed E-state index contributed by atoms with van der Waals surface area (Å²) in [5.74, 6) is 0.0279. The SMILES string of the molecule is CCCCCN(C(=O)C1COCC1N)C(C)C. The van der Waals surface area contributed by atoms with Crippen molar-refractivity contribution < 1.29 is 9.53 Å². The summed E-state index contributed by atoms with van der Waals surface area (Å²) in [5.41, 5.74) is 5.90. The predicted molar refractivity (Wildman–Crippen MR) is 68.7 cm³/mol. The Morgan fingerprint density at radius 1 is 1.41 bits per heavy atom. The van der Waals surface area contributed by atoms with Crippen LogP contribution in [0, 0.1) is 5.92 Å². The zero-order valence-electron chi connectivity index (χ0n) is 11.3. The Balaban J connectivity index is 2.53. The van der Waals surface area contributed by atoms with Crippen LogP contribution in [-0.4, -0.2) is 42.6 Å². The van der Waals surface area contributed by atoms with Crippen LogP contribution in [0.5, 0.6) is 0 Å². The smallest absolute Gasteiger partial charge is 0.229 e. The highest BCUT2D eigenvalue weighted by molar-refractivity contribution is 5.80. The lowest BCUT2D eigenvalue weighted by Gasteiger charge is -2.30. The fourth-order valence-corrected chi connectivity index (χ4v) is 2.19. The van der Waals surface area contributed by atoms with Gasteiger partial charge >= 0.3 is 0 Å². The van der Waals surface area contributed by atoms with E-state index in [-0.39, 0.29) is 23.9 Å². The molecule has 2 unspecified atom stereocenters. The number of hydrogen-bond acceptors (Lipinski definition) is 3. The highest BCUT2D eigenvalue weighted by Gasteiger charge is 2.34. The molecule has 4 nitrogen and oxygen atoms in total. The maximum Gasteiger partial charge on any atom is 0.229 e. The van der Waals surface area contributed by atoms with E-state index in [1.54, 1.807) is 0 Å². The van der Waals surface area contributed by atoms with Gasteiger partial charge < -0.3 is 15.4 Å². The predicted octanol–water partition coefficient (Wildman–Crippen LogP) is 1.39. The lowest BCUT2D eigenvalue weighted by atomic mass is 10.0. The number of rotatable bonds is 6. The number of nitrogens with zero attached hydrogens (tertiary/aromatic N) is 1. The monoisotopic (exact) mass is 242 g/mol. The molecule has 0 saturated carbocycles. The van der Waals surface area contributed by atoms with E-state index in [9.17, 15) is 4.79 Å². The highest BCUT2D eigenvalue weighted by Crippen LogP contribution is 2.17. The van der Waals surface area contributed by atoms with Gasteiger partial charge in [-0.3, -0.25) is 4.79 Å². The molecule has 4 heteroatoms. The molecule has 0 aromatic rings. The molecule has 2 atom stereocenters. The second-order valence-corrected chi connectivity index (χ2v) is 5.14. The van der Waals surface area contributed by atoms with Crippen molar-refractivity contribution in [2.75, 3.05) is 19.8 Å². The number of nitrogens with two attached hydrogens (primary N) is 1. The molecule has 1 aliphatic rings. The van der Waals surface area contributed by atoms with Crippen molar-refractivity contribution >= 4 is 5.91 Å². The van der Waals surface area contributed by atoms with E-state index < -0.39 is 0 Å². The quantitative estimate of drug-likeness (QED) is 0.716. The first-order valence-corrected chi connectivity index (χ1v) is 6.71. The molecule has 2 N–H and O–H groups in total. The van der Waals surface area contributed by atoms with Gasteiger partial charge in [0.25, 0.3) is 0 Å². The second kappa shape index (κ2) is 6.97. The van der Waals surface area contributed by atoms with E-state index in [2.05, 4.69) is 20.8 Å². The summed E-state index contributed by atoms with van der Waals surface area (Å²) in [4.78, 5) is 14.3. The number of amides is 1. The molecule has 0 aliphatic carbocycles. The molecule has 17 heavy (non-hydrogen) atoms. The van der Waals surface area contributed by atoms with Crippen LogP contribution in [0.3, 0.4) is 0 Å². The van der Waals surface area contributed by atoms with Gasteiger partial charge in [0, 0.05) is 18.6 Å². The van der Waals surface area contributed by atoms with Crippen LogP contribution in [0.2, 0.25) is 0 Å². The fraction of sp³-hybridized carbons (Fsp3) is 0.923. The average molecular weight is 242 g/mol. The summed E-state index contributed by atoms with van der Waals surface area (Å²) in [6, 6.07) is 0.113. The van der Waals surface area contributed by atoms with Gasteiger partial charge in [-0.1, -0.05) is 19.8 Å². The molecule has 0 bridgehead atoms. The highest BCUT2D eigenvalue weighted by atomic mass is 16.5. The van der Waals surface area contributed by atoms with E-state index >= 15 is 0 Å². The molecular formula is C13H26N2O2. The Morgan fingerprint density at radius 2 is 2.12 bits per heavy atom. The molecule has 1 rings (SSSR count). The van der Waals surface area contributed by atoms with E-state index in [1.807, 2.05) is 4.90 Å². The van der Waals surface area contributed by atoms with Crippen molar-refractivity contribution in [2.45, 2.75) is 52.1 Å². The van der Waals surface area contributed by atoms with Gasteiger partial charge in [0.05, 0.1) is 19.1 Å². The van der Waals surface area contributed by atoms with Gasteiger partial charge in [-0.15, -0.1) is 0 Å². The van der Waals surface area contributed by atoms with Crippen LogP contribution in [-0.2, 0) is 9.53 Å². The number of hydrogen-bond donors (Lipinski definition) is 1. The van der Waals surface area contributed by atoms with Gasteiger partial charge in [-0.25, -0.2) is 0 Å². The summed E-state index contributed by atoms with van der Waals surface area (Å²) in [7, 11) is 0. The lowest BCUT2D eigenvalue weighted by Crippen LogP contribution is -2.46. The van der Waals surface area contributed by atoms with Gasteiger partial charge in [-0.2, -0.15) is 0 Å². The molecule has 1 saturated heterocycles. The van der Waals surface area contributed by atoms with Crippen LogP contribution in [0.15, 0.2) is 0 Å². The second-order valence-electron chi connectivity index (χ2n) is 5.14. The molecule has 1 aliphatic heterocycles. The van der Waals surface area contributed by atoms with E-state index in [4.69, 9.17) is 10.5 Å². The lowest BCUT2D eigenvalue weighted by molar-refractivity contribution is -0.137. The van der Waals surface area contributed by atoms with Crippen LogP contribution in [0.1, 0.15) is 40.0 Å². The average Bonchev–Trinajstić information content (AvgIpc) is 2.69. The Bertz CT molecular complexity index is 244. The zero-order chi connectivity index (χ0) is 12.8. The maximum atomic E-state index is 12.4. The third-order valence-corrected chi connectivity index (χ3v) is 3.35. The Hall–Kier alpha value is -0.610. The minimum absolute atomic E-state index is 0.130. The van der Waals surface area contributed by atoms with Gasteiger partial charge in [0.15, 0.2) is 0 Å². The first kappa shape index (κ1) is 14.5. The van der Waals surface area contributed by atoms with Crippen LogP contribution < -0.4 is 5.73 Å². The van der Waals surface area contributed by atoms with Crippen molar-refractivity contribution in [2.24, 2.45) is 11.7 Å². The Kier molecular flexibility index (Phi) is 5.92. The molecule has 0 radical (unpaired) electrons. The third kappa shape index (κ3) is 3.96. The minimum atomic E-state index is -0.140. The minimum Gasteiger partial charge on any atom is -0.379 e. The van der Waals surface area contributed by atoms with Crippen molar-refractivity contribution in [3.8, 4) is 0 Å². The van der Waals surface area contributed by atoms with Crippen molar-refractivity contribution in [3.63, 3.8) is 0 Å². The van der Waals surface area contributed by atoms with Gasteiger partial charge in [0.1, 0.15) is 0 Å². The van der Waals surface area contributed by atoms with E-state index in [1.165, 1.54) is 12.8 Å². The number of carbonyl (C=O) groups is 1. The Labute approximate surface area is 104 Å². The normalized spacial score (nSPS) is 24.3. The summed E-state index contributed by atoms with van der Waals surface area (Å²) in [6.45, 7) is 8.13. The summed E-state index contributed by atoms with van der Waals surface area (Å²) >= 11 is 0. The molecule has 0 spiro atoms. The van der Waals surface area contributed by atoms with Gasteiger partial charge in [0.2, 0.25) is 5.91 Å². The summed E-state index contributed by atoms with van der Waals surface area (Å²) in [6.07, 6.45) is 3.42. The maximum absolute atomic E-state index is 12.4. The molecular weight excluding hydrogens is 216 g/mol. The number of ether oxygens (including phenoxy) is 1. The number of carbonyl (C=O) groups excluding carboxylic acids is 1. The van der Waals surface area contributed by atoms with Crippen LogP contribution in [0.4, 0.5) is 0 Å². The van der Waals surface area contributed by atoms with Gasteiger partial charge in [-0.05, 0) is 20.3 Å². The van der Waals surface area contributed by atoms with E-state index in [0.29, 0.717) is 13.2 Å². The molecule has 1 fully saturated rings. The summed E-state index contributed by atoms with van der Waals surface area (Å²) < 4.78 is 5.27. The van der Waals surface area contributed by atoms with E-state index in [0.717, 1.165) is 13.0 Å². The molecule has 1 heterocycles. The first-order valence-electron chi connectivity index (χ1n) is 6.71. The van der Waals surface area contributed by atoms with Crippen molar-refractivity contribution in [1.82, 2.24) is 4.90 Å². The molecule has 0 aromatic carbocycles. The molecule has 1 amide bonds.